The SMILES string of the molecule is Cc1nc2c(C(N)=O)cnn2c(C)c1CCC(=O)N1CCCN(c2ccc(F)cc2)CC1. The maximum Gasteiger partial charge on any atom is 0.254 e. The monoisotopic (exact) mass is 438 g/mol. The minimum atomic E-state index is -0.565. The van der Waals surface area contributed by atoms with E-state index < -0.39 is 5.91 Å². The van der Waals surface area contributed by atoms with Gasteiger partial charge in [0.25, 0.3) is 5.91 Å². The van der Waals surface area contributed by atoms with Crippen LogP contribution in [-0.4, -0.2) is 57.5 Å². The van der Waals surface area contributed by atoms with Crippen molar-refractivity contribution in [1.29, 1.82) is 0 Å². The van der Waals surface area contributed by atoms with E-state index in [0.29, 0.717) is 38.1 Å². The van der Waals surface area contributed by atoms with Crippen LogP contribution in [0.25, 0.3) is 5.65 Å². The number of primary amides is 1. The lowest BCUT2D eigenvalue weighted by molar-refractivity contribution is -0.130. The number of nitrogens with two attached hydrogens (primary N) is 1. The highest BCUT2D eigenvalue weighted by molar-refractivity contribution is 5.98. The highest BCUT2D eigenvalue weighted by Gasteiger charge is 2.21. The number of amides is 2. The summed E-state index contributed by atoms with van der Waals surface area (Å²) in [5, 5.41) is 4.24. The molecule has 0 saturated carbocycles. The largest absolute Gasteiger partial charge is 0.370 e. The highest BCUT2D eigenvalue weighted by atomic mass is 19.1. The van der Waals surface area contributed by atoms with E-state index in [9.17, 15) is 14.0 Å². The minimum Gasteiger partial charge on any atom is -0.370 e. The molecule has 1 aliphatic rings. The summed E-state index contributed by atoms with van der Waals surface area (Å²) in [6, 6.07) is 6.48. The Hall–Kier alpha value is -3.49. The van der Waals surface area contributed by atoms with Gasteiger partial charge in [-0.05, 0) is 56.5 Å². The van der Waals surface area contributed by atoms with E-state index >= 15 is 0 Å². The molecule has 1 aromatic carbocycles. The Morgan fingerprint density at radius 3 is 2.56 bits per heavy atom. The van der Waals surface area contributed by atoms with Gasteiger partial charge in [-0.1, -0.05) is 0 Å². The number of fused-ring (bicyclic) bond motifs is 1. The van der Waals surface area contributed by atoms with Crippen LogP contribution in [0.15, 0.2) is 30.5 Å². The molecule has 0 atom stereocenters. The first-order valence-corrected chi connectivity index (χ1v) is 10.8. The van der Waals surface area contributed by atoms with Gasteiger partial charge in [0.2, 0.25) is 5.91 Å². The molecular formula is C23H27FN6O2. The van der Waals surface area contributed by atoms with Gasteiger partial charge in [0, 0.05) is 49.7 Å². The van der Waals surface area contributed by atoms with Crippen LogP contribution in [0.2, 0.25) is 0 Å². The number of hydrogen-bond donors (Lipinski definition) is 1. The number of carbonyl (C=O) groups is 2. The van der Waals surface area contributed by atoms with Crippen molar-refractivity contribution >= 4 is 23.1 Å². The summed E-state index contributed by atoms with van der Waals surface area (Å²) in [6.07, 6.45) is 3.20. The van der Waals surface area contributed by atoms with Crippen LogP contribution < -0.4 is 10.6 Å². The molecule has 1 aliphatic heterocycles. The fourth-order valence-corrected chi connectivity index (χ4v) is 4.31. The van der Waals surface area contributed by atoms with Crippen molar-refractivity contribution in [3.63, 3.8) is 0 Å². The lowest BCUT2D eigenvalue weighted by Crippen LogP contribution is -2.35. The van der Waals surface area contributed by atoms with Crippen molar-refractivity contribution in [2.24, 2.45) is 5.73 Å². The van der Waals surface area contributed by atoms with Crippen molar-refractivity contribution in [3.8, 4) is 0 Å². The average Bonchev–Trinajstić information content (AvgIpc) is 3.03. The smallest absolute Gasteiger partial charge is 0.254 e. The molecule has 1 fully saturated rings. The van der Waals surface area contributed by atoms with Gasteiger partial charge in [-0.15, -0.1) is 0 Å². The predicted octanol–water partition coefficient (Wildman–Crippen LogP) is 2.26. The van der Waals surface area contributed by atoms with E-state index in [1.165, 1.54) is 18.3 Å². The molecule has 1 saturated heterocycles. The zero-order chi connectivity index (χ0) is 22.8. The summed E-state index contributed by atoms with van der Waals surface area (Å²) in [7, 11) is 0. The summed E-state index contributed by atoms with van der Waals surface area (Å²) in [5.41, 5.74) is 9.68. The Morgan fingerprint density at radius 2 is 1.84 bits per heavy atom. The molecule has 168 valence electrons. The first-order valence-electron chi connectivity index (χ1n) is 10.8. The van der Waals surface area contributed by atoms with Gasteiger partial charge in [-0.2, -0.15) is 5.10 Å². The summed E-state index contributed by atoms with van der Waals surface area (Å²) in [5.74, 6) is -0.715. The number of halogens is 1. The topological polar surface area (TPSA) is 96.8 Å². The van der Waals surface area contributed by atoms with Crippen LogP contribution in [0, 0.1) is 19.7 Å². The normalized spacial score (nSPS) is 14.6. The number of anilines is 1. The van der Waals surface area contributed by atoms with Gasteiger partial charge in [-0.25, -0.2) is 13.9 Å². The van der Waals surface area contributed by atoms with Crippen molar-refractivity contribution in [3.05, 3.63) is 58.8 Å². The predicted molar refractivity (Wildman–Crippen MR) is 119 cm³/mol. The molecule has 3 heterocycles. The molecule has 4 rings (SSSR count). The molecular weight excluding hydrogens is 411 g/mol. The molecule has 2 aromatic heterocycles. The third-order valence-electron chi connectivity index (χ3n) is 6.10. The van der Waals surface area contributed by atoms with Crippen molar-refractivity contribution in [2.45, 2.75) is 33.1 Å². The number of aryl methyl sites for hydroxylation is 2. The molecule has 8 nitrogen and oxygen atoms in total. The number of carbonyl (C=O) groups excluding carboxylic acids is 2. The van der Waals surface area contributed by atoms with E-state index in [2.05, 4.69) is 15.0 Å². The molecule has 2 N–H and O–H groups in total. The fraction of sp³-hybridized carbons (Fsp3) is 0.391. The third kappa shape index (κ3) is 4.28. The molecule has 9 heteroatoms. The van der Waals surface area contributed by atoms with Crippen LogP contribution in [0.5, 0.6) is 0 Å². The Kier molecular flexibility index (Phi) is 6.07. The van der Waals surface area contributed by atoms with Crippen LogP contribution in [-0.2, 0) is 11.2 Å². The quantitative estimate of drug-likeness (QED) is 0.659. The zero-order valence-electron chi connectivity index (χ0n) is 18.3. The number of rotatable bonds is 5. The Morgan fingerprint density at radius 1 is 1.09 bits per heavy atom. The van der Waals surface area contributed by atoms with Crippen LogP contribution in [0.1, 0.15) is 40.2 Å². The van der Waals surface area contributed by atoms with Gasteiger partial charge in [0.1, 0.15) is 11.4 Å². The molecule has 2 amide bonds. The molecule has 0 bridgehead atoms. The second kappa shape index (κ2) is 8.94. The molecule has 0 unspecified atom stereocenters. The van der Waals surface area contributed by atoms with Gasteiger partial charge in [0.15, 0.2) is 5.65 Å². The summed E-state index contributed by atoms with van der Waals surface area (Å²) >= 11 is 0. The second-order valence-corrected chi connectivity index (χ2v) is 8.12. The third-order valence-corrected chi connectivity index (χ3v) is 6.10. The van der Waals surface area contributed by atoms with Gasteiger partial charge >= 0.3 is 0 Å². The fourth-order valence-electron chi connectivity index (χ4n) is 4.31. The number of nitrogens with zero attached hydrogens (tertiary/aromatic N) is 5. The van der Waals surface area contributed by atoms with E-state index in [1.54, 1.807) is 16.6 Å². The maximum absolute atomic E-state index is 13.2. The summed E-state index contributed by atoms with van der Waals surface area (Å²) in [6.45, 7) is 6.66. The zero-order valence-corrected chi connectivity index (χ0v) is 18.3. The Labute approximate surface area is 185 Å². The van der Waals surface area contributed by atoms with Crippen LogP contribution >= 0.6 is 0 Å². The minimum absolute atomic E-state index is 0.100. The van der Waals surface area contributed by atoms with Crippen LogP contribution in [0.4, 0.5) is 10.1 Å². The molecule has 0 aliphatic carbocycles. The second-order valence-electron chi connectivity index (χ2n) is 8.12. The van der Waals surface area contributed by atoms with Gasteiger partial charge < -0.3 is 15.5 Å². The van der Waals surface area contributed by atoms with E-state index in [4.69, 9.17) is 5.73 Å². The van der Waals surface area contributed by atoms with Crippen molar-refractivity contribution in [2.75, 3.05) is 31.1 Å². The molecule has 3 aromatic rings. The first-order chi connectivity index (χ1) is 15.3. The summed E-state index contributed by atoms with van der Waals surface area (Å²) in [4.78, 5) is 33.1. The highest BCUT2D eigenvalue weighted by Crippen LogP contribution is 2.20. The van der Waals surface area contributed by atoms with E-state index in [-0.39, 0.29) is 17.3 Å². The number of aromatic nitrogens is 3. The van der Waals surface area contributed by atoms with Gasteiger partial charge in [0.05, 0.1) is 6.20 Å². The Balaban J connectivity index is 1.42. The lowest BCUT2D eigenvalue weighted by Gasteiger charge is -2.24. The van der Waals surface area contributed by atoms with E-state index in [1.807, 2.05) is 18.7 Å². The summed E-state index contributed by atoms with van der Waals surface area (Å²) < 4.78 is 14.8. The van der Waals surface area contributed by atoms with Crippen LogP contribution in [0.3, 0.4) is 0 Å². The van der Waals surface area contributed by atoms with Crippen molar-refractivity contribution in [1.82, 2.24) is 19.5 Å². The Bertz CT molecular complexity index is 1160. The average molecular weight is 439 g/mol. The van der Waals surface area contributed by atoms with Gasteiger partial charge in [-0.3, -0.25) is 9.59 Å². The first kappa shape index (κ1) is 21.7. The molecule has 32 heavy (non-hydrogen) atoms. The molecule has 0 spiro atoms. The molecule has 0 radical (unpaired) electrons. The van der Waals surface area contributed by atoms with E-state index in [0.717, 1.165) is 35.6 Å². The lowest BCUT2D eigenvalue weighted by atomic mass is 10.1. The van der Waals surface area contributed by atoms with Crippen molar-refractivity contribution < 1.29 is 14.0 Å². The number of hydrogen-bond acceptors (Lipinski definition) is 5. The number of benzene rings is 1. The maximum atomic E-state index is 13.2. The standard InChI is InChI=1S/C23H27FN6O2/c1-15-19(16(2)30-23(27-15)20(14-26-30)22(25)32)8-9-21(31)29-11-3-10-28(12-13-29)18-6-4-17(24)5-7-18/h4-7,14H,3,8-13H2,1-2H3,(H2,25,32).